The summed E-state index contributed by atoms with van der Waals surface area (Å²) in [6, 6.07) is 7.60. The van der Waals surface area contributed by atoms with Crippen molar-refractivity contribution in [1.82, 2.24) is 10.2 Å². The molecule has 0 saturated carbocycles. The van der Waals surface area contributed by atoms with Crippen LogP contribution in [0.4, 0.5) is 0 Å². The Morgan fingerprint density at radius 1 is 1.30 bits per heavy atom. The molecule has 1 aromatic rings. The maximum absolute atomic E-state index is 12.4. The third kappa shape index (κ3) is 4.37. The number of hydrogen-bond donors (Lipinski definition) is 1. The van der Waals surface area contributed by atoms with E-state index in [4.69, 9.17) is 4.74 Å². The number of carbonyl (C=O) groups is 4. The molecule has 1 aromatic carbocycles. The molecule has 2 aliphatic rings. The summed E-state index contributed by atoms with van der Waals surface area (Å²) in [6.07, 6.45) is 0. The number of carbonyl (C=O) groups excluding carboxylic acids is 4. The monoisotopic (exact) mass is 398 g/mol. The Hall–Kier alpha value is -1.81. The van der Waals surface area contributed by atoms with Gasteiger partial charge in [-0.3, -0.25) is 19.3 Å². The van der Waals surface area contributed by atoms with Crippen molar-refractivity contribution in [2.75, 3.05) is 12.4 Å². The van der Waals surface area contributed by atoms with Crippen LogP contribution in [0.1, 0.15) is 17.3 Å². The van der Waals surface area contributed by atoms with Gasteiger partial charge in [-0.15, -0.1) is 11.8 Å². The number of hydrogen-bond acceptors (Lipinski definition) is 7. The number of amides is 2. The van der Waals surface area contributed by atoms with E-state index in [1.54, 1.807) is 30.3 Å². The van der Waals surface area contributed by atoms with Crippen molar-refractivity contribution in [2.45, 2.75) is 18.3 Å². The summed E-state index contributed by atoms with van der Waals surface area (Å²) in [7, 11) is 0. The van der Waals surface area contributed by atoms with E-state index < -0.39 is 35.2 Å². The van der Waals surface area contributed by atoms with Crippen molar-refractivity contribution in [2.24, 2.45) is 0 Å². The van der Waals surface area contributed by atoms with Crippen LogP contribution in [0.15, 0.2) is 41.6 Å². The Balaban J connectivity index is 0.00000261. The van der Waals surface area contributed by atoms with Crippen LogP contribution in [-0.2, 0) is 19.1 Å². The zero-order valence-electron chi connectivity index (χ0n) is 14.8. The topological polar surface area (TPSA) is 116 Å². The van der Waals surface area contributed by atoms with E-state index in [1.165, 1.54) is 18.7 Å². The van der Waals surface area contributed by atoms with Gasteiger partial charge in [-0.1, -0.05) is 18.2 Å². The molecule has 0 spiro atoms. The van der Waals surface area contributed by atoms with E-state index in [-0.39, 0.29) is 47.6 Å². The molecule has 1 fully saturated rings. The van der Waals surface area contributed by atoms with Gasteiger partial charge in [-0.05, 0) is 12.1 Å². The van der Waals surface area contributed by atoms with Gasteiger partial charge >= 0.3 is 35.5 Å². The number of aliphatic carboxylic acids is 1. The second kappa shape index (κ2) is 8.92. The predicted octanol–water partition coefficient (Wildman–Crippen LogP) is -3.73. The van der Waals surface area contributed by atoms with Crippen LogP contribution in [0.3, 0.4) is 0 Å². The molecule has 1 N–H and O–H groups in total. The van der Waals surface area contributed by atoms with E-state index in [0.29, 0.717) is 11.1 Å². The predicted molar refractivity (Wildman–Crippen MR) is 89.5 cm³/mol. The molecule has 0 aliphatic carbocycles. The molecule has 0 unspecified atom stereocenters. The summed E-state index contributed by atoms with van der Waals surface area (Å²) in [5, 5.41) is 13.6. The number of nitrogens with zero attached hydrogens (tertiary/aromatic N) is 1. The van der Waals surface area contributed by atoms with E-state index in [2.05, 4.69) is 5.32 Å². The fraction of sp³-hybridized carbons (Fsp3) is 0.294. The van der Waals surface area contributed by atoms with Crippen molar-refractivity contribution >= 4 is 35.5 Å². The Kier molecular flexibility index (Phi) is 7.10. The molecular weight excluding hydrogens is 383 g/mol. The number of fused-ring (bicyclic) bond motifs is 1. The summed E-state index contributed by atoms with van der Waals surface area (Å²) in [6.45, 7) is 0.991. The van der Waals surface area contributed by atoms with Crippen LogP contribution in [0.2, 0.25) is 0 Å². The molecule has 3 rings (SSSR count). The number of benzene rings is 1. The number of carboxylic acid groups (broad SMARTS) is 1. The van der Waals surface area contributed by atoms with Crippen molar-refractivity contribution in [3.63, 3.8) is 0 Å². The van der Waals surface area contributed by atoms with Gasteiger partial charge in [0.2, 0.25) is 0 Å². The molecule has 0 aromatic heterocycles. The first-order chi connectivity index (χ1) is 12.4. The smallest absolute Gasteiger partial charge is 0.543 e. The minimum atomic E-state index is -1.52. The van der Waals surface area contributed by atoms with Crippen LogP contribution in [0, 0.1) is 0 Å². The van der Waals surface area contributed by atoms with Gasteiger partial charge in [-0.25, -0.2) is 0 Å². The van der Waals surface area contributed by atoms with Crippen LogP contribution in [0.25, 0.3) is 0 Å². The average molecular weight is 398 g/mol. The Morgan fingerprint density at radius 3 is 2.56 bits per heavy atom. The maximum atomic E-state index is 12.4. The molecule has 2 amide bonds. The van der Waals surface area contributed by atoms with Crippen LogP contribution < -0.4 is 40.0 Å². The number of nitrogens with one attached hydrogen (secondary N) is 1. The first kappa shape index (κ1) is 21.5. The molecule has 2 aliphatic heterocycles. The average Bonchev–Trinajstić information content (AvgIpc) is 2.63. The number of carboxylic acids is 1. The van der Waals surface area contributed by atoms with Crippen LogP contribution >= 0.6 is 11.8 Å². The first-order valence-electron chi connectivity index (χ1n) is 7.77. The zero-order valence-corrected chi connectivity index (χ0v) is 17.6. The number of rotatable bonds is 5. The van der Waals surface area contributed by atoms with E-state index in [9.17, 15) is 24.3 Å². The second-order valence-electron chi connectivity index (χ2n) is 5.75. The maximum Gasteiger partial charge on any atom is 1.00 e. The van der Waals surface area contributed by atoms with Gasteiger partial charge in [0.25, 0.3) is 11.8 Å². The largest absolute Gasteiger partial charge is 1.00 e. The Morgan fingerprint density at radius 2 is 1.96 bits per heavy atom. The minimum absolute atomic E-state index is 0. The molecule has 2 atom stereocenters. The first-order valence-corrected chi connectivity index (χ1v) is 8.82. The summed E-state index contributed by atoms with van der Waals surface area (Å²) < 4.78 is 4.84. The summed E-state index contributed by atoms with van der Waals surface area (Å²) in [5.41, 5.74) is 0.415. The number of ether oxygens (including phenoxy) is 1. The van der Waals surface area contributed by atoms with Gasteiger partial charge in [0.15, 0.2) is 0 Å². The van der Waals surface area contributed by atoms with Gasteiger partial charge in [0.05, 0.1) is 11.7 Å². The number of β-lactam (4-membered cyclic amide) rings is 1. The SMILES string of the molecule is CC(=O)OCC1=C(C(=O)[O-])N2C(=O)[C@@H](NC(=O)c3ccccc3)[C@H]2SC1.[Na+]. The standard InChI is InChI=1S/C17H16N2O6S.Na/c1-9(20)25-7-11-8-26-16-12(15(22)19(16)13(11)17(23)24)18-14(21)10-5-3-2-4-6-10;/h2-6,12,16H,7-8H2,1H3,(H,18,21)(H,23,24);/q;+1/p-1/t12-,16-;/m1./s1. The molecular formula is C17H15N2NaO6S. The van der Waals surface area contributed by atoms with Crippen LogP contribution in [-0.4, -0.2) is 52.4 Å². The molecule has 27 heavy (non-hydrogen) atoms. The van der Waals surface area contributed by atoms with Crippen molar-refractivity contribution in [1.29, 1.82) is 0 Å². The number of thioether (sulfide) groups is 1. The van der Waals surface area contributed by atoms with Gasteiger partial charge in [0, 0.05) is 23.8 Å². The molecule has 1 saturated heterocycles. The van der Waals surface area contributed by atoms with Gasteiger partial charge in [-0.2, -0.15) is 0 Å². The summed E-state index contributed by atoms with van der Waals surface area (Å²) in [4.78, 5) is 48.2. The molecule has 136 valence electrons. The molecule has 10 heteroatoms. The van der Waals surface area contributed by atoms with E-state index in [1.807, 2.05) is 0 Å². The minimum Gasteiger partial charge on any atom is -0.543 e. The van der Waals surface area contributed by atoms with E-state index >= 15 is 0 Å². The Bertz CT molecular complexity index is 813. The summed E-state index contributed by atoms with van der Waals surface area (Å²) >= 11 is 1.29. The third-order valence-electron chi connectivity index (χ3n) is 4.01. The third-order valence-corrected chi connectivity index (χ3v) is 5.35. The van der Waals surface area contributed by atoms with Gasteiger partial charge in [0.1, 0.15) is 18.0 Å². The fourth-order valence-corrected chi connectivity index (χ4v) is 4.11. The van der Waals surface area contributed by atoms with Crippen molar-refractivity contribution < 1.29 is 58.6 Å². The van der Waals surface area contributed by atoms with E-state index in [0.717, 1.165) is 4.90 Å². The molecule has 0 bridgehead atoms. The number of esters is 1. The van der Waals surface area contributed by atoms with Crippen molar-refractivity contribution in [3.8, 4) is 0 Å². The Labute approximate surface area is 181 Å². The molecule has 2 heterocycles. The normalized spacial score (nSPS) is 20.8. The second-order valence-corrected chi connectivity index (χ2v) is 6.85. The fourth-order valence-electron chi connectivity index (χ4n) is 2.79. The van der Waals surface area contributed by atoms with Crippen LogP contribution in [0.5, 0.6) is 0 Å². The van der Waals surface area contributed by atoms with Gasteiger partial charge < -0.3 is 20.0 Å². The zero-order chi connectivity index (χ0) is 18.8. The molecule has 0 radical (unpaired) electrons. The quantitative estimate of drug-likeness (QED) is 0.308. The summed E-state index contributed by atoms with van der Waals surface area (Å²) in [5.74, 6) is -2.76. The van der Waals surface area contributed by atoms with Crippen molar-refractivity contribution in [3.05, 3.63) is 47.2 Å². The molecule has 8 nitrogen and oxygen atoms in total.